The summed E-state index contributed by atoms with van der Waals surface area (Å²) in [6.45, 7) is 1.73. The molecule has 1 aliphatic rings. The number of aromatic nitrogens is 3. The molecule has 0 amide bonds. The molecule has 2 rings (SSSR count). The summed E-state index contributed by atoms with van der Waals surface area (Å²) < 4.78 is 2.07. The van der Waals surface area contributed by atoms with Gasteiger partial charge in [-0.1, -0.05) is 0 Å². The summed E-state index contributed by atoms with van der Waals surface area (Å²) in [4.78, 5) is 0. The fourth-order valence-corrected chi connectivity index (χ4v) is 1.40. The highest BCUT2D eigenvalue weighted by molar-refractivity contribution is 5.01. The normalized spacial score (nSPS) is 23.1. The van der Waals surface area contributed by atoms with Gasteiger partial charge in [0.25, 0.3) is 0 Å². The number of hydrogen-bond donors (Lipinski definition) is 1. The minimum atomic E-state index is 0.447. The van der Waals surface area contributed by atoms with Gasteiger partial charge >= 0.3 is 0 Å². The van der Waals surface area contributed by atoms with E-state index >= 15 is 0 Å². The van der Waals surface area contributed by atoms with Crippen molar-refractivity contribution in [3.63, 3.8) is 0 Å². The van der Waals surface area contributed by atoms with Gasteiger partial charge in [-0.3, -0.25) is 0 Å². The van der Waals surface area contributed by atoms with Crippen LogP contribution in [0.2, 0.25) is 0 Å². The summed E-state index contributed by atoms with van der Waals surface area (Å²) in [6.07, 6.45) is 2.90. The van der Waals surface area contributed by atoms with Crippen LogP contribution in [0.4, 0.5) is 0 Å². The summed E-state index contributed by atoms with van der Waals surface area (Å²) >= 11 is 0. The molecule has 0 radical (unpaired) electrons. The molecule has 0 saturated heterocycles. The zero-order valence-corrected chi connectivity index (χ0v) is 5.70. The van der Waals surface area contributed by atoms with Crippen LogP contribution in [0.15, 0.2) is 6.33 Å². The maximum Gasteiger partial charge on any atom is 0.137 e. The number of fused-ring (bicyclic) bond motifs is 1. The third-order valence-electron chi connectivity index (χ3n) is 2.01. The molecular formula is C6H10N4. The maximum absolute atomic E-state index is 5.53. The van der Waals surface area contributed by atoms with E-state index in [9.17, 15) is 0 Å². The van der Waals surface area contributed by atoms with E-state index in [1.54, 1.807) is 6.33 Å². The standard InChI is InChI=1S/C6H10N4/c7-3-5-1-2-10-4-8-9-6(5)10/h4-5H,1-3,7H2/t5-/m0/s1. The van der Waals surface area contributed by atoms with Crippen molar-refractivity contribution >= 4 is 0 Å². The minimum absolute atomic E-state index is 0.447. The average molecular weight is 138 g/mol. The lowest BCUT2D eigenvalue weighted by Crippen LogP contribution is -2.10. The van der Waals surface area contributed by atoms with Gasteiger partial charge in [0.2, 0.25) is 0 Å². The van der Waals surface area contributed by atoms with Crippen LogP contribution in [0.25, 0.3) is 0 Å². The monoisotopic (exact) mass is 138 g/mol. The number of hydrogen-bond acceptors (Lipinski definition) is 3. The second-order valence-electron chi connectivity index (χ2n) is 2.60. The van der Waals surface area contributed by atoms with Gasteiger partial charge in [-0.15, -0.1) is 10.2 Å². The number of nitrogens with zero attached hydrogens (tertiary/aromatic N) is 3. The van der Waals surface area contributed by atoms with Crippen LogP contribution in [0.3, 0.4) is 0 Å². The lowest BCUT2D eigenvalue weighted by atomic mass is 10.1. The van der Waals surface area contributed by atoms with E-state index in [1.165, 1.54) is 0 Å². The van der Waals surface area contributed by atoms with E-state index < -0.39 is 0 Å². The molecule has 4 heteroatoms. The second-order valence-corrected chi connectivity index (χ2v) is 2.60. The first-order valence-corrected chi connectivity index (χ1v) is 3.49. The first-order chi connectivity index (χ1) is 4.92. The average Bonchev–Trinajstić information content (AvgIpc) is 2.44. The Labute approximate surface area is 59.1 Å². The summed E-state index contributed by atoms with van der Waals surface area (Å²) in [5.74, 6) is 1.50. The van der Waals surface area contributed by atoms with Crippen molar-refractivity contribution in [1.82, 2.24) is 14.8 Å². The third kappa shape index (κ3) is 0.654. The molecule has 1 aromatic heterocycles. The van der Waals surface area contributed by atoms with E-state index in [1.807, 2.05) is 0 Å². The lowest BCUT2D eigenvalue weighted by Gasteiger charge is -1.99. The van der Waals surface area contributed by atoms with Crippen LogP contribution in [-0.2, 0) is 6.54 Å². The fourth-order valence-electron chi connectivity index (χ4n) is 1.40. The zero-order chi connectivity index (χ0) is 6.97. The van der Waals surface area contributed by atoms with Crippen molar-refractivity contribution < 1.29 is 0 Å². The Morgan fingerprint density at radius 2 is 2.70 bits per heavy atom. The highest BCUT2D eigenvalue weighted by atomic mass is 15.3. The van der Waals surface area contributed by atoms with E-state index in [2.05, 4.69) is 14.8 Å². The molecule has 1 atom stereocenters. The molecular weight excluding hydrogens is 128 g/mol. The Balaban J connectivity index is 2.34. The molecule has 1 aromatic rings. The van der Waals surface area contributed by atoms with Crippen LogP contribution < -0.4 is 5.73 Å². The number of rotatable bonds is 1. The third-order valence-corrected chi connectivity index (χ3v) is 2.01. The molecule has 0 fully saturated rings. The van der Waals surface area contributed by atoms with Crippen molar-refractivity contribution in [1.29, 1.82) is 0 Å². The topological polar surface area (TPSA) is 56.7 Å². The lowest BCUT2D eigenvalue weighted by molar-refractivity contribution is 0.651. The van der Waals surface area contributed by atoms with Gasteiger partial charge in [-0.25, -0.2) is 0 Å². The van der Waals surface area contributed by atoms with Crippen LogP contribution in [0, 0.1) is 0 Å². The molecule has 1 aliphatic heterocycles. The van der Waals surface area contributed by atoms with Crippen molar-refractivity contribution in [3.05, 3.63) is 12.2 Å². The van der Waals surface area contributed by atoms with Gasteiger partial charge in [0, 0.05) is 19.0 Å². The van der Waals surface area contributed by atoms with Crippen LogP contribution >= 0.6 is 0 Å². The van der Waals surface area contributed by atoms with Crippen LogP contribution in [-0.4, -0.2) is 21.3 Å². The summed E-state index contributed by atoms with van der Waals surface area (Å²) in [5, 5.41) is 7.78. The molecule has 54 valence electrons. The Morgan fingerprint density at radius 1 is 1.80 bits per heavy atom. The summed E-state index contributed by atoms with van der Waals surface area (Å²) in [7, 11) is 0. The van der Waals surface area contributed by atoms with Crippen molar-refractivity contribution in [3.8, 4) is 0 Å². The smallest absolute Gasteiger partial charge is 0.137 e. The molecule has 2 N–H and O–H groups in total. The molecule has 4 nitrogen and oxygen atoms in total. The summed E-state index contributed by atoms with van der Waals surface area (Å²) in [5.41, 5.74) is 5.53. The first-order valence-electron chi connectivity index (χ1n) is 3.49. The predicted octanol–water partition coefficient (Wildman–Crippen LogP) is -0.276. The van der Waals surface area contributed by atoms with Crippen molar-refractivity contribution in [2.24, 2.45) is 5.73 Å². The highest BCUT2D eigenvalue weighted by Gasteiger charge is 2.22. The van der Waals surface area contributed by atoms with E-state index in [4.69, 9.17) is 5.73 Å². The highest BCUT2D eigenvalue weighted by Crippen LogP contribution is 2.23. The molecule has 10 heavy (non-hydrogen) atoms. The molecule has 0 unspecified atom stereocenters. The van der Waals surface area contributed by atoms with E-state index in [-0.39, 0.29) is 0 Å². The molecule has 0 spiro atoms. The minimum Gasteiger partial charge on any atom is -0.330 e. The Morgan fingerprint density at radius 3 is 3.50 bits per heavy atom. The molecule has 0 bridgehead atoms. The maximum atomic E-state index is 5.53. The zero-order valence-electron chi connectivity index (χ0n) is 5.70. The van der Waals surface area contributed by atoms with Gasteiger partial charge in [0.05, 0.1) is 0 Å². The fraction of sp³-hybridized carbons (Fsp3) is 0.667. The molecule has 0 aliphatic carbocycles. The Bertz CT molecular complexity index is 229. The SMILES string of the molecule is NC[C@@H]1CCn2cnnc21. The van der Waals surface area contributed by atoms with Gasteiger partial charge in [-0.2, -0.15) is 0 Å². The predicted molar refractivity (Wildman–Crippen MR) is 36.4 cm³/mol. The second kappa shape index (κ2) is 2.05. The number of nitrogens with two attached hydrogens (primary N) is 1. The quantitative estimate of drug-likeness (QED) is 0.581. The van der Waals surface area contributed by atoms with E-state index in [0.29, 0.717) is 12.5 Å². The van der Waals surface area contributed by atoms with Gasteiger partial charge in [0.15, 0.2) is 0 Å². The molecule has 0 saturated carbocycles. The van der Waals surface area contributed by atoms with Gasteiger partial charge in [-0.05, 0) is 6.42 Å². The molecule has 2 heterocycles. The number of aryl methyl sites for hydroxylation is 1. The van der Waals surface area contributed by atoms with Crippen molar-refractivity contribution in [2.75, 3.05) is 6.54 Å². The van der Waals surface area contributed by atoms with Crippen LogP contribution in [0.1, 0.15) is 18.2 Å². The van der Waals surface area contributed by atoms with Gasteiger partial charge in [0.1, 0.15) is 12.2 Å². The summed E-state index contributed by atoms with van der Waals surface area (Å²) in [6, 6.07) is 0. The molecule has 0 aromatic carbocycles. The van der Waals surface area contributed by atoms with Gasteiger partial charge < -0.3 is 10.3 Å². The Hall–Kier alpha value is -0.900. The van der Waals surface area contributed by atoms with Crippen molar-refractivity contribution in [2.45, 2.75) is 18.9 Å². The largest absolute Gasteiger partial charge is 0.330 e. The van der Waals surface area contributed by atoms with Crippen LogP contribution in [0.5, 0.6) is 0 Å². The first kappa shape index (κ1) is 5.85. The van der Waals surface area contributed by atoms with E-state index in [0.717, 1.165) is 18.8 Å². The Kier molecular flexibility index (Phi) is 1.20.